The fourth-order valence-corrected chi connectivity index (χ4v) is 1.12. The molecule has 0 spiro atoms. The van der Waals surface area contributed by atoms with Crippen molar-refractivity contribution < 1.29 is 23.4 Å². The zero-order valence-corrected chi connectivity index (χ0v) is 8.56. The maximum Gasteiger partial charge on any atom is 0.289 e. The van der Waals surface area contributed by atoms with Crippen LogP contribution in [0.5, 0.6) is 0 Å². The number of hydrogen-bond acceptors (Lipinski definition) is 5. The molecule has 0 amide bonds. The first-order valence-corrected chi connectivity index (χ1v) is 4.39. The van der Waals surface area contributed by atoms with Crippen molar-refractivity contribution in [2.24, 2.45) is 0 Å². The third kappa shape index (κ3) is 2.80. The van der Waals surface area contributed by atoms with Crippen LogP contribution in [0.2, 0.25) is 0 Å². The largest absolute Gasteiger partial charge is 0.390 e. The van der Waals surface area contributed by atoms with Gasteiger partial charge in [0.1, 0.15) is 13.2 Å². The van der Waals surface area contributed by atoms with Crippen LogP contribution >= 0.6 is 0 Å². The summed E-state index contributed by atoms with van der Waals surface area (Å²) in [6, 6.07) is 0. The molecule has 0 saturated carbocycles. The quantitative estimate of drug-likeness (QED) is 0.695. The van der Waals surface area contributed by atoms with E-state index in [2.05, 4.69) is 10.3 Å². The minimum absolute atomic E-state index is 0.0458. The SMILES string of the molecule is COCc1c(C=O)nnn1CC(F)(F)CO. The summed E-state index contributed by atoms with van der Waals surface area (Å²) in [5.74, 6) is -3.31. The molecule has 6 nitrogen and oxygen atoms in total. The fraction of sp³-hybridized carbons (Fsp3) is 0.625. The number of aromatic nitrogens is 3. The Kier molecular flexibility index (Phi) is 4.02. The number of carbonyl (C=O) groups is 1. The Labute approximate surface area is 89.8 Å². The first-order chi connectivity index (χ1) is 7.54. The van der Waals surface area contributed by atoms with Crippen LogP contribution in [0, 0.1) is 0 Å². The van der Waals surface area contributed by atoms with Gasteiger partial charge in [-0.05, 0) is 0 Å². The predicted molar refractivity (Wildman–Crippen MR) is 48.2 cm³/mol. The summed E-state index contributed by atoms with van der Waals surface area (Å²) in [6.45, 7) is -2.19. The van der Waals surface area contributed by atoms with E-state index in [4.69, 9.17) is 9.84 Å². The second kappa shape index (κ2) is 5.08. The lowest BCUT2D eigenvalue weighted by Crippen LogP contribution is -2.29. The van der Waals surface area contributed by atoms with Crippen LogP contribution in [0.1, 0.15) is 16.2 Å². The van der Waals surface area contributed by atoms with Crippen molar-refractivity contribution in [3.8, 4) is 0 Å². The third-order valence-electron chi connectivity index (χ3n) is 1.87. The maximum absolute atomic E-state index is 12.9. The van der Waals surface area contributed by atoms with Crippen molar-refractivity contribution in [1.82, 2.24) is 15.0 Å². The number of aldehydes is 1. The topological polar surface area (TPSA) is 77.2 Å². The molecule has 1 aromatic rings. The second-order valence-electron chi connectivity index (χ2n) is 3.14. The van der Waals surface area contributed by atoms with Gasteiger partial charge in [-0.1, -0.05) is 5.21 Å². The number of aliphatic hydroxyl groups is 1. The molecule has 0 aliphatic heterocycles. The summed E-state index contributed by atoms with van der Waals surface area (Å²) in [7, 11) is 1.36. The number of aliphatic hydroxyl groups excluding tert-OH is 1. The van der Waals surface area contributed by atoms with Crippen molar-refractivity contribution >= 4 is 6.29 Å². The molecule has 1 N–H and O–H groups in total. The highest BCUT2D eigenvalue weighted by atomic mass is 19.3. The second-order valence-corrected chi connectivity index (χ2v) is 3.14. The predicted octanol–water partition coefficient (Wildman–Crippen LogP) is -0.135. The lowest BCUT2D eigenvalue weighted by molar-refractivity contribution is -0.0666. The number of alkyl halides is 2. The van der Waals surface area contributed by atoms with Crippen LogP contribution in [-0.2, 0) is 17.9 Å². The monoisotopic (exact) mass is 235 g/mol. The van der Waals surface area contributed by atoms with Gasteiger partial charge in [-0.3, -0.25) is 4.79 Å². The lowest BCUT2D eigenvalue weighted by atomic mass is 10.3. The Balaban J connectivity index is 2.95. The Morgan fingerprint density at radius 3 is 2.81 bits per heavy atom. The number of ether oxygens (including phenoxy) is 1. The molecule has 1 aromatic heterocycles. The summed E-state index contributed by atoms with van der Waals surface area (Å²) in [4.78, 5) is 10.5. The summed E-state index contributed by atoms with van der Waals surface area (Å²) >= 11 is 0. The van der Waals surface area contributed by atoms with E-state index in [1.807, 2.05) is 0 Å². The number of hydrogen-bond donors (Lipinski definition) is 1. The fourth-order valence-electron chi connectivity index (χ4n) is 1.12. The summed E-state index contributed by atoms with van der Waals surface area (Å²) in [6.07, 6.45) is 0.412. The normalized spacial score (nSPS) is 11.8. The molecule has 0 saturated heterocycles. The Morgan fingerprint density at radius 1 is 1.62 bits per heavy atom. The van der Waals surface area contributed by atoms with Crippen molar-refractivity contribution in [2.75, 3.05) is 13.7 Å². The van der Waals surface area contributed by atoms with E-state index in [-0.39, 0.29) is 18.0 Å². The van der Waals surface area contributed by atoms with Gasteiger partial charge in [0.15, 0.2) is 12.0 Å². The molecule has 1 heterocycles. The molecular formula is C8H11F2N3O3. The zero-order chi connectivity index (χ0) is 12.2. The van der Waals surface area contributed by atoms with Crippen LogP contribution in [0.3, 0.4) is 0 Å². The van der Waals surface area contributed by atoms with E-state index in [0.29, 0.717) is 6.29 Å². The summed E-state index contributed by atoms with van der Waals surface area (Å²) < 4.78 is 31.4. The zero-order valence-electron chi connectivity index (χ0n) is 8.56. The molecule has 0 unspecified atom stereocenters. The molecule has 1 rings (SSSR count). The van der Waals surface area contributed by atoms with Crippen molar-refractivity contribution in [1.29, 1.82) is 0 Å². The van der Waals surface area contributed by atoms with Gasteiger partial charge in [-0.25, -0.2) is 13.5 Å². The highest BCUT2D eigenvalue weighted by molar-refractivity contribution is 5.73. The minimum Gasteiger partial charge on any atom is -0.390 e. The van der Waals surface area contributed by atoms with Crippen LogP contribution in [0.25, 0.3) is 0 Å². The van der Waals surface area contributed by atoms with Crippen LogP contribution in [0.4, 0.5) is 8.78 Å². The molecule has 8 heteroatoms. The van der Waals surface area contributed by atoms with Gasteiger partial charge in [0.25, 0.3) is 5.92 Å². The van der Waals surface area contributed by atoms with Gasteiger partial charge < -0.3 is 9.84 Å². The smallest absolute Gasteiger partial charge is 0.289 e. The molecule has 16 heavy (non-hydrogen) atoms. The molecule has 90 valence electrons. The number of carbonyl (C=O) groups excluding carboxylic acids is 1. The van der Waals surface area contributed by atoms with Crippen molar-refractivity contribution in [2.45, 2.75) is 19.1 Å². The molecular weight excluding hydrogens is 224 g/mol. The van der Waals surface area contributed by atoms with E-state index < -0.39 is 19.1 Å². The van der Waals surface area contributed by atoms with Gasteiger partial charge >= 0.3 is 0 Å². The highest BCUT2D eigenvalue weighted by Crippen LogP contribution is 2.16. The molecule has 0 aromatic carbocycles. The first-order valence-electron chi connectivity index (χ1n) is 4.39. The number of halogens is 2. The van der Waals surface area contributed by atoms with Crippen molar-refractivity contribution in [3.05, 3.63) is 11.4 Å². The molecule has 0 bridgehead atoms. The molecule has 0 aliphatic rings. The van der Waals surface area contributed by atoms with Gasteiger partial charge in [-0.2, -0.15) is 0 Å². The first kappa shape index (κ1) is 12.7. The number of nitrogens with zero attached hydrogens (tertiary/aromatic N) is 3. The average molecular weight is 235 g/mol. The van der Waals surface area contributed by atoms with Gasteiger partial charge in [0.2, 0.25) is 0 Å². The van der Waals surface area contributed by atoms with E-state index in [9.17, 15) is 13.6 Å². The van der Waals surface area contributed by atoms with Gasteiger partial charge in [-0.15, -0.1) is 5.10 Å². The highest BCUT2D eigenvalue weighted by Gasteiger charge is 2.30. The van der Waals surface area contributed by atoms with Crippen LogP contribution in [-0.4, -0.2) is 46.0 Å². The molecule has 0 radical (unpaired) electrons. The molecule has 0 atom stereocenters. The van der Waals surface area contributed by atoms with E-state index in [0.717, 1.165) is 4.68 Å². The number of methoxy groups -OCH3 is 1. The molecule has 0 fully saturated rings. The van der Waals surface area contributed by atoms with Crippen LogP contribution < -0.4 is 0 Å². The lowest BCUT2D eigenvalue weighted by Gasteiger charge is -2.14. The van der Waals surface area contributed by atoms with Crippen LogP contribution in [0.15, 0.2) is 0 Å². The maximum atomic E-state index is 12.9. The van der Waals surface area contributed by atoms with E-state index in [1.54, 1.807) is 0 Å². The Hall–Kier alpha value is -1.41. The standard InChI is InChI=1S/C8H11F2N3O3/c1-16-3-7-6(2-14)11-12-13(7)4-8(9,10)5-15/h2,15H,3-5H2,1H3. The Bertz CT molecular complexity index is 367. The minimum atomic E-state index is -3.31. The summed E-state index contributed by atoms with van der Waals surface area (Å²) in [5, 5.41) is 15.3. The average Bonchev–Trinajstić information content (AvgIpc) is 2.61. The van der Waals surface area contributed by atoms with Crippen molar-refractivity contribution in [3.63, 3.8) is 0 Å². The van der Waals surface area contributed by atoms with E-state index >= 15 is 0 Å². The third-order valence-corrected chi connectivity index (χ3v) is 1.87. The summed E-state index contributed by atoms with van der Waals surface area (Å²) in [5.41, 5.74) is 0.112. The Morgan fingerprint density at radius 2 is 2.31 bits per heavy atom. The number of rotatable bonds is 6. The van der Waals surface area contributed by atoms with Gasteiger partial charge in [0.05, 0.1) is 12.3 Å². The van der Waals surface area contributed by atoms with E-state index in [1.165, 1.54) is 7.11 Å². The molecule has 0 aliphatic carbocycles. The van der Waals surface area contributed by atoms with Gasteiger partial charge in [0, 0.05) is 7.11 Å².